The van der Waals surface area contributed by atoms with E-state index in [0.29, 0.717) is 5.56 Å². The van der Waals surface area contributed by atoms with Gasteiger partial charge in [0.1, 0.15) is 27.3 Å². The Hall–Kier alpha value is -3.19. The van der Waals surface area contributed by atoms with Crippen molar-refractivity contribution in [2.24, 2.45) is 0 Å². The molecule has 11 heteroatoms. The molecular formula is C21H14FIN4O4S. The number of hydrogen-bond donors (Lipinski definition) is 2. The summed E-state index contributed by atoms with van der Waals surface area (Å²) in [5.41, 5.74) is -0.214. The van der Waals surface area contributed by atoms with Crippen LogP contribution in [0.25, 0.3) is 11.3 Å². The van der Waals surface area contributed by atoms with Gasteiger partial charge in [0.2, 0.25) is 5.43 Å². The number of rotatable bonds is 2. The van der Waals surface area contributed by atoms with Gasteiger partial charge in [-0.2, -0.15) is 0 Å². The van der Waals surface area contributed by atoms with Crippen LogP contribution < -0.4 is 26.2 Å². The lowest BCUT2D eigenvalue weighted by Gasteiger charge is -2.22. The van der Waals surface area contributed by atoms with Crippen LogP contribution in [0, 0.1) is 9.39 Å². The Kier molecular flexibility index (Phi) is 4.82. The Labute approximate surface area is 194 Å². The molecule has 0 saturated carbocycles. The Bertz CT molecular complexity index is 1680. The van der Waals surface area contributed by atoms with Gasteiger partial charge in [-0.3, -0.25) is 18.8 Å². The monoisotopic (exact) mass is 564 g/mol. The van der Waals surface area contributed by atoms with Crippen molar-refractivity contribution < 1.29 is 12.8 Å². The minimum absolute atomic E-state index is 0.0241. The molecule has 5 rings (SSSR count). The normalized spacial score (nSPS) is 16.3. The van der Waals surface area contributed by atoms with E-state index < -0.39 is 26.8 Å². The number of benzene rings is 2. The number of nitrogens with one attached hydrogen (secondary N) is 2. The maximum Gasteiger partial charge on any atom is 0.280 e. The molecule has 4 aromatic rings. The maximum absolute atomic E-state index is 13.4. The molecule has 1 aliphatic rings. The highest BCUT2D eigenvalue weighted by Gasteiger charge is 2.28. The molecule has 2 N–H and O–H groups in total. The van der Waals surface area contributed by atoms with Crippen LogP contribution in [0.3, 0.4) is 0 Å². The number of nitrogens with zero attached hydrogens (tertiary/aromatic N) is 2. The lowest BCUT2D eigenvalue weighted by atomic mass is 10.2. The molecule has 2 aromatic carbocycles. The Morgan fingerprint density at radius 1 is 1.03 bits per heavy atom. The van der Waals surface area contributed by atoms with E-state index in [1.165, 1.54) is 39.5 Å². The molecule has 162 valence electrons. The van der Waals surface area contributed by atoms with Gasteiger partial charge in [0.05, 0.1) is 12.2 Å². The molecule has 0 amide bonds. The smallest absolute Gasteiger partial charge is 0.280 e. The second-order valence-corrected chi connectivity index (χ2v) is 10.1. The highest BCUT2D eigenvalue weighted by atomic mass is 127. The highest BCUT2D eigenvalue weighted by molar-refractivity contribution is 14.1. The zero-order valence-corrected chi connectivity index (χ0v) is 19.1. The van der Waals surface area contributed by atoms with Gasteiger partial charge < -0.3 is 5.32 Å². The van der Waals surface area contributed by atoms with E-state index in [9.17, 15) is 22.4 Å². The topological polar surface area (TPSA) is 102 Å². The van der Waals surface area contributed by atoms with Gasteiger partial charge in [0.25, 0.3) is 15.6 Å². The summed E-state index contributed by atoms with van der Waals surface area (Å²) in [5, 5.41) is 2.56. The molecule has 0 atom stereocenters. The van der Waals surface area contributed by atoms with E-state index in [-0.39, 0.29) is 33.7 Å². The van der Waals surface area contributed by atoms with Crippen molar-refractivity contribution in [3.8, 4) is 0 Å². The van der Waals surface area contributed by atoms with Crippen molar-refractivity contribution in [1.82, 2.24) is 13.9 Å². The molecule has 8 nitrogen and oxygen atoms in total. The molecule has 0 bridgehead atoms. The summed E-state index contributed by atoms with van der Waals surface area (Å²) < 4.78 is 44.7. The van der Waals surface area contributed by atoms with Crippen LogP contribution in [-0.4, -0.2) is 17.6 Å². The van der Waals surface area contributed by atoms with Crippen molar-refractivity contribution in [1.29, 1.82) is 0 Å². The van der Waals surface area contributed by atoms with Crippen molar-refractivity contribution in [2.45, 2.75) is 11.4 Å². The van der Waals surface area contributed by atoms with Crippen LogP contribution in [0.5, 0.6) is 0 Å². The van der Waals surface area contributed by atoms with E-state index in [1.54, 1.807) is 30.5 Å². The predicted molar refractivity (Wildman–Crippen MR) is 125 cm³/mol. The number of aromatic nitrogens is 2. The molecule has 0 radical (unpaired) electrons. The third-order valence-electron chi connectivity index (χ3n) is 5.12. The van der Waals surface area contributed by atoms with Crippen molar-refractivity contribution in [3.05, 3.63) is 102 Å². The molecule has 0 fully saturated rings. The minimum atomic E-state index is -4.00. The summed E-state index contributed by atoms with van der Waals surface area (Å²) in [5.74, 6) is -0.613. The lowest BCUT2D eigenvalue weighted by Crippen LogP contribution is -2.52. The first-order valence-electron chi connectivity index (χ1n) is 9.37. The van der Waals surface area contributed by atoms with Gasteiger partial charge >= 0.3 is 0 Å². The van der Waals surface area contributed by atoms with Crippen LogP contribution in [0.15, 0.2) is 75.3 Å². The molecule has 2 aromatic heterocycles. The number of anilines is 1. The van der Waals surface area contributed by atoms with Gasteiger partial charge in [0, 0.05) is 9.77 Å². The SMILES string of the molecule is O=c1c(=C2Nc3ccc(I)cc3S(=O)(=O)N2)c(=O)n(Cc2ccc(F)cc2)n2cccc12. The van der Waals surface area contributed by atoms with E-state index in [1.807, 2.05) is 22.6 Å². The zero-order valence-electron chi connectivity index (χ0n) is 16.2. The Morgan fingerprint density at radius 3 is 2.53 bits per heavy atom. The Morgan fingerprint density at radius 2 is 1.78 bits per heavy atom. The minimum Gasteiger partial charge on any atom is -0.339 e. The average molecular weight is 564 g/mol. The molecule has 0 saturated heterocycles. The first-order valence-corrected chi connectivity index (χ1v) is 11.9. The van der Waals surface area contributed by atoms with E-state index >= 15 is 0 Å². The van der Waals surface area contributed by atoms with E-state index in [2.05, 4.69) is 10.0 Å². The van der Waals surface area contributed by atoms with Crippen LogP contribution in [0.4, 0.5) is 10.1 Å². The maximum atomic E-state index is 13.4. The average Bonchev–Trinajstić information content (AvgIpc) is 3.23. The second kappa shape index (κ2) is 7.45. The summed E-state index contributed by atoms with van der Waals surface area (Å²) >= 11 is 2.00. The van der Waals surface area contributed by atoms with Crippen LogP contribution in [0.1, 0.15) is 5.56 Å². The molecule has 3 heterocycles. The number of fused-ring (bicyclic) bond motifs is 2. The lowest BCUT2D eigenvalue weighted by molar-refractivity contribution is 0.586. The summed E-state index contributed by atoms with van der Waals surface area (Å²) in [4.78, 5) is 26.6. The molecular weight excluding hydrogens is 550 g/mol. The first kappa shape index (κ1) is 20.7. The number of hydrogen-bond acceptors (Lipinski definition) is 5. The summed E-state index contributed by atoms with van der Waals surface area (Å²) in [6.07, 6.45) is 1.56. The van der Waals surface area contributed by atoms with E-state index in [4.69, 9.17) is 0 Å². The first-order chi connectivity index (χ1) is 15.2. The van der Waals surface area contributed by atoms with Crippen LogP contribution in [-0.2, 0) is 16.6 Å². The van der Waals surface area contributed by atoms with Crippen molar-refractivity contribution >= 4 is 49.6 Å². The van der Waals surface area contributed by atoms with Gasteiger partial charge in [-0.25, -0.2) is 17.5 Å². The van der Waals surface area contributed by atoms with Crippen molar-refractivity contribution in [2.75, 3.05) is 5.32 Å². The van der Waals surface area contributed by atoms with E-state index in [0.717, 1.165) is 3.57 Å². The van der Waals surface area contributed by atoms with Gasteiger partial charge in [-0.05, 0) is 70.6 Å². The van der Waals surface area contributed by atoms with Crippen molar-refractivity contribution in [3.63, 3.8) is 0 Å². The van der Waals surface area contributed by atoms with Gasteiger partial charge in [0.15, 0.2) is 0 Å². The van der Waals surface area contributed by atoms with Crippen LogP contribution >= 0.6 is 22.6 Å². The quantitative estimate of drug-likeness (QED) is 0.359. The molecule has 32 heavy (non-hydrogen) atoms. The third-order valence-corrected chi connectivity index (χ3v) is 7.18. The third kappa shape index (κ3) is 3.37. The Balaban J connectivity index is 1.79. The second-order valence-electron chi connectivity index (χ2n) is 7.18. The summed E-state index contributed by atoms with van der Waals surface area (Å²) in [6, 6.07) is 13.6. The molecule has 0 aliphatic carbocycles. The fourth-order valence-corrected chi connectivity index (χ4v) is 5.56. The summed E-state index contributed by atoms with van der Waals surface area (Å²) in [6.45, 7) is 0.0480. The summed E-state index contributed by atoms with van der Waals surface area (Å²) in [7, 11) is -4.00. The molecule has 1 aliphatic heterocycles. The van der Waals surface area contributed by atoms with Gasteiger partial charge in [-0.15, -0.1) is 0 Å². The van der Waals surface area contributed by atoms with Crippen LogP contribution in [0.2, 0.25) is 0 Å². The largest absolute Gasteiger partial charge is 0.339 e. The van der Waals surface area contributed by atoms with Gasteiger partial charge in [-0.1, -0.05) is 12.1 Å². The fourth-order valence-electron chi connectivity index (χ4n) is 3.63. The highest BCUT2D eigenvalue weighted by Crippen LogP contribution is 2.28. The fraction of sp³-hybridized carbons (Fsp3) is 0.0476. The molecule has 0 spiro atoms. The standard InChI is InChI=1S/C21H14FIN4O4S/c22-13-5-3-12(4-6-13)11-27-21(29)18(19(28)16-2-1-9-26(16)27)20-24-15-8-7-14(23)10-17(15)32(30,31)25-20/h1-10,24-25H,11H2. The predicted octanol–water partition coefficient (Wildman–Crippen LogP) is 1.44. The number of sulfonamides is 1. The molecule has 0 unspecified atom stereocenters. The zero-order chi connectivity index (χ0) is 22.6. The number of halogens is 2.